The van der Waals surface area contributed by atoms with Gasteiger partial charge in [0.2, 0.25) is 10.0 Å². The van der Waals surface area contributed by atoms with E-state index in [0.717, 1.165) is 16.7 Å². The number of aryl methyl sites for hydroxylation is 2. The molecule has 2 aromatic rings. The molecule has 3 heterocycles. The van der Waals surface area contributed by atoms with Crippen molar-refractivity contribution in [3.8, 4) is 0 Å². The summed E-state index contributed by atoms with van der Waals surface area (Å²) >= 11 is 0. The van der Waals surface area contributed by atoms with Crippen LogP contribution in [-0.4, -0.2) is 66.3 Å². The van der Waals surface area contributed by atoms with Crippen molar-refractivity contribution in [2.75, 3.05) is 23.7 Å². The van der Waals surface area contributed by atoms with Gasteiger partial charge in [-0.25, -0.2) is 21.9 Å². The Labute approximate surface area is 232 Å². The fourth-order valence-corrected chi connectivity index (χ4v) is 7.18. The van der Waals surface area contributed by atoms with Gasteiger partial charge in [-0.3, -0.25) is 24.8 Å². The fraction of sp³-hybridized carbons (Fsp3) is 0.429. The molecule has 0 aromatic heterocycles. The number of halogens is 1. The maximum absolute atomic E-state index is 13.7. The third-order valence-corrected chi connectivity index (χ3v) is 9.98. The molecule has 10 nitrogen and oxygen atoms in total. The van der Waals surface area contributed by atoms with E-state index >= 15 is 0 Å². The van der Waals surface area contributed by atoms with E-state index in [0.29, 0.717) is 17.1 Å². The standard InChI is InChI=1S/C28H32FN5O5S/c1-17-14-21(34-26(37)31-24(35)27(34,3)4)15-18(2)22(17)8-13-40(38,39)33-11-9-28(10-12-33)25(36)30-23(32-28)19-6-5-7-20(29)16-19/h5-7,14-16H,8-13H2,1-4H3,(H,30,32,36)(H,31,35,37). The van der Waals surface area contributed by atoms with Gasteiger partial charge in [-0.15, -0.1) is 0 Å². The van der Waals surface area contributed by atoms with Gasteiger partial charge < -0.3 is 5.32 Å². The number of carbonyl (C=O) groups is 3. The summed E-state index contributed by atoms with van der Waals surface area (Å²) in [6, 6.07) is 8.92. The summed E-state index contributed by atoms with van der Waals surface area (Å²) in [6.07, 6.45) is 0.741. The number of rotatable bonds is 6. The van der Waals surface area contributed by atoms with Crippen LogP contribution < -0.4 is 15.5 Å². The van der Waals surface area contributed by atoms with Crippen LogP contribution in [0.3, 0.4) is 0 Å². The predicted molar refractivity (Wildman–Crippen MR) is 148 cm³/mol. The first-order chi connectivity index (χ1) is 18.7. The van der Waals surface area contributed by atoms with Crippen LogP contribution >= 0.6 is 0 Å². The molecule has 3 aliphatic heterocycles. The Kier molecular flexibility index (Phi) is 6.82. The minimum atomic E-state index is -3.63. The third-order valence-electron chi connectivity index (χ3n) is 8.11. The first-order valence-electron chi connectivity index (χ1n) is 13.1. The van der Waals surface area contributed by atoms with E-state index < -0.39 is 32.9 Å². The van der Waals surface area contributed by atoms with Crippen molar-refractivity contribution in [2.45, 2.75) is 58.0 Å². The number of hydrogen-bond acceptors (Lipinski definition) is 6. The molecule has 0 radical (unpaired) electrons. The second kappa shape index (κ2) is 9.77. The summed E-state index contributed by atoms with van der Waals surface area (Å²) in [5.41, 5.74) is 1.46. The summed E-state index contributed by atoms with van der Waals surface area (Å²) in [6.45, 7) is 7.37. The van der Waals surface area contributed by atoms with Crippen molar-refractivity contribution >= 4 is 39.4 Å². The number of amides is 4. The molecule has 40 heavy (non-hydrogen) atoms. The van der Waals surface area contributed by atoms with Crippen LogP contribution in [0.2, 0.25) is 0 Å². The van der Waals surface area contributed by atoms with E-state index in [1.807, 2.05) is 13.8 Å². The highest BCUT2D eigenvalue weighted by molar-refractivity contribution is 7.89. The lowest BCUT2D eigenvalue weighted by Crippen LogP contribution is -2.50. The molecule has 0 saturated carbocycles. The molecule has 0 aliphatic carbocycles. The number of benzene rings is 2. The Morgan fingerprint density at radius 2 is 1.62 bits per heavy atom. The zero-order valence-corrected chi connectivity index (χ0v) is 23.7. The van der Waals surface area contributed by atoms with Crippen molar-refractivity contribution in [3.63, 3.8) is 0 Å². The van der Waals surface area contributed by atoms with Gasteiger partial charge in [0, 0.05) is 24.3 Å². The molecule has 2 N–H and O–H groups in total. The third kappa shape index (κ3) is 4.79. The Hall–Kier alpha value is -3.64. The first kappa shape index (κ1) is 27.9. The largest absolute Gasteiger partial charge is 0.329 e. The zero-order chi connectivity index (χ0) is 29.0. The molecular weight excluding hydrogens is 537 g/mol. The molecule has 0 bridgehead atoms. The Morgan fingerprint density at radius 3 is 2.20 bits per heavy atom. The van der Waals surface area contributed by atoms with Crippen LogP contribution in [0.1, 0.15) is 48.9 Å². The molecule has 4 amide bonds. The number of sulfonamides is 1. The number of nitrogens with zero attached hydrogens (tertiary/aromatic N) is 3. The van der Waals surface area contributed by atoms with Crippen molar-refractivity contribution in [3.05, 3.63) is 64.5 Å². The van der Waals surface area contributed by atoms with Crippen LogP contribution in [0.25, 0.3) is 0 Å². The summed E-state index contributed by atoms with van der Waals surface area (Å²) in [4.78, 5) is 43.4. The van der Waals surface area contributed by atoms with Gasteiger partial charge in [0.05, 0.1) is 5.75 Å². The molecule has 212 valence electrons. The minimum Gasteiger partial charge on any atom is -0.308 e. The van der Waals surface area contributed by atoms with Crippen molar-refractivity contribution in [2.24, 2.45) is 4.99 Å². The molecule has 3 aliphatic rings. The van der Waals surface area contributed by atoms with Crippen LogP contribution in [0.4, 0.5) is 14.9 Å². The highest BCUT2D eigenvalue weighted by Gasteiger charge is 2.48. The number of carbonyl (C=O) groups excluding carboxylic acids is 3. The monoisotopic (exact) mass is 569 g/mol. The molecule has 2 saturated heterocycles. The van der Waals surface area contributed by atoms with E-state index in [1.54, 1.807) is 38.1 Å². The lowest BCUT2D eigenvalue weighted by atomic mass is 9.89. The quantitative estimate of drug-likeness (QED) is 0.517. The molecule has 2 aromatic carbocycles. The van der Waals surface area contributed by atoms with Gasteiger partial charge >= 0.3 is 6.03 Å². The number of anilines is 1. The van der Waals surface area contributed by atoms with Crippen molar-refractivity contribution in [1.82, 2.24) is 14.9 Å². The van der Waals surface area contributed by atoms with Gasteiger partial charge in [-0.05, 0) is 87.9 Å². The van der Waals surface area contributed by atoms with Crippen LogP contribution in [0, 0.1) is 19.7 Å². The average molecular weight is 570 g/mol. The molecule has 5 rings (SSSR count). The molecule has 0 atom stereocenters. The molecule has 12 heteroatoms. The molecular formula is C28H32FN5O5S. The van der Waals surface area contributed by atoms with Gasteiger partial charge in [-0.2, -0.15) is 0 Å². The molecule has 0 unspecified atom stereocenters. The maximum Gasteiger partial charge on any atom is 0.329 e. The topological polar surface area (TPSA) is 128 Å². The fourth-order valence-electron chi connectivity index (χ4n) is 5.72. The van der Waals surface area contributed by atoms with Crippen molar-refractivity contribution in [1.29, 1.82) is 0 Å². The number of nitrogens with one attached hydrogen (secondary N) is 2. The predicted octanol–water partition coefficient (Wildman–Crippen LogP) is 2.56. The highest BCUT2D eigenvalue weighted by atomic mass is 32.2. The number of imide groups is 1. The Morgan fingerprint density at radius 1 is 0.975 bits per heavy atom. The van der Waals surface area contributed by atoms with Crippen LogP contribution in [0.15, 0.2) is 41.4 Å². The lowest BCUT2D eigenvalue weighted by Gasteiger charge is -2.34. The van der Waals surface area contributed by atoms with E-state index in [1.165, 1.54) is 21.3 Å². The smallest absolute Gasteiger partial charge is 0.308 e. The first-order valence-corrected chi connectivity index (χ1v) is 14.8. The second-order valence-electron chi connectivity index (χ2n) is 11.1. The summed E-state index contributed by atoms with van der Waals surface area (Å²) in [5.74, 6) is -0.922. The number of urea groups is 1. The lowest BCUT2D eigenvalue weighted by molar-refractivity contribution is -0.125. The minimum absolute atomic E-state index is 0.112. The Bertz CT molecular complexity index is 1540. The zero-order valence-electron chi connectivity index (χ0n) is 22.9. The molecule has 1 spiro atoms. The van der Waals surface area contributed by atoms with E-state index in [-0.39, 0.29) is 49.9 Å². The normalized spacial score (nSPS) is 20.6. The number of piperidine rings is 1. The highest BCUT2D eigenvalue weighted by Crippen LogP contribution is 2.34. The molecule has 2 fully saturated rings. The number of hydrogen-bond donors (Lipinski definition) is 2. The second-order valence-corrected chi connectivity index (χ2v) is 13.2. The number of aliphatic imine (C=N–C) groups is 1. The SMILES string of the molecule is Cc1cc(N2C(=O)NC(=O)C2(C)C)cc(C)c1CCS(=O)(=O)N1CCC2(CC1)N=C(c1cccc(F)c1)NC2=O. The van der Waals surface area contributed by atoms with Crippen LogP contribution in [0.5, 0.6) is 0 Å². The van der Waals surface area contributed by atoms with Crippen LogP contribution in [-0.2, 0) is 26.0 Å². The van der Waals surface area contributed by atoms with Gasteiger partial charge in [0.15, 0.2) is 0 Å². The van der Waals surface area contributed by atoms with E-state index in [4.69, 9.17) is 0 Å². The summed E-state index contributed by atoms with van der Waals surface area (Å²) < 4.78 is 41.6. The van der Waals surface area contributed by atoms with E-state index in [9.17, 15) is 27.2 Å². The maximum atomic E-state index is 13.7. The van der Waals surface area contributed by atoms with E-state index in [2.05, 4.69) is 15.6 Å². The number of amidine groups is 1. The Balaban J connectivity index is 1.26. The van der Waals surface area contributed by atoms with Gasteiger partial charge in [-0.1, -0.05) is 12.1 Å². The summed E-state index contributed by atoms with van der Waals surface area (Å²) in [5, 5.41) is 5.07. The van der Waals surface area contributed by atoms with Gasteiger partial charge in [0.25, 0.3) is 11.8 Å². The van der Waals surface area contributed by atoms with Crippen molar-refractivity contribution < 1.29 is 27.2 Å². The summed E-state index contributed by atoms with van der Waals surface area (Å²) in [7, 11) is -3.63. The average Bonchev–Trinajstić information content (AvgIpc) is 3.29. The van der Waals surface area contributed by atoms with Gasteiger partial charge in [0.1, 0.15) is 22.7 Å².